The lowest BCUT2D eigenvalue weighted by atomic mass is 10.2. The minimum Gasteiger partial charge on any atom is -0.454 e. The second kappa shape index (κ2) is 7.40. The Morgan fingerprint density at radius 3 is 2.74 bits per heavy atom. The van der Waals surface area contributed by atoms with Crippen LogP contribution in [0.2, 0.25) is 5.15 Å². The van der Waals surface area contributed by atoms with E-state index in [2.05, 4.69) is 30.6 Å². The van der Waals surface area contributed by atoms with E-state index in [0.29, 0.717) is 22.3 Å². The molecule has 0 atom stereocenters. The van der Waals surface area contributed by atoms with Gasteiger partial charge in [-0.25, -0.2) is 24.0 Å². The van der Waals surface area contributed by atoms with Crippen molar-refractivity contribution in [1.29, 1.82) is 0 Å². The van der Waals surface area contributed by atoms with Crippen LogP contribution in [0.25, 0.3) is 22.1 Å². The van der Waals surface area contributed by atoms with Gasteiger partial charge in [-0.05, 0) is 36.4 Å². The van der Waals surface area contributed by atoms with E-state index in [-0.39, 0.29) is 22.4 Å². The molecule has 0 radical (unpaired) electrons. The van der Waals surface area contributed by atoms with E-state index < -0.39 is 11.6 Å². The molecule has 3 heterocycles. The highest BCUT2D eigenvalue weighted by Gasteiger charge is 2.17. The number of benzene rings is 2. The standard InChI is InChI=1S/C20H12ClF2N7O/c1-30-14-5-2-10(8-13(14)28-29-30)31-15-6-3-11(17(22)18(15)23)26-20-19-12(24-9-25-20)4-7-16(21)27-19/h2-9H,1H3,(H,24,25,26). The summed E-state index contributed by atoms with van der Waals surface area (Å²) >= 11 is 5.93. The topological polar surface area (TPSA) is 90.6 Å². The lowest BCUT2D eigenvalue weighted by molar-refractivity contribution is 0.417. The van der Waals surface area contributed by atoms with Crippen LogP contribution in [-0.4, -0.2) is 29.9 Å². The molecule has 0 saturated heterocycles. The number of rotatable bonds is 4. The molecule has 0 aliphatic carbocycles. The zero-order valence-corrected chi connectivity index (χ0v) is 16.6. The van der Waals surface area contributed by atoms with E-state index in [1.54, 1.807) is 42.1 Å². The Balaban J connectivity index is 1.46. The first-order chi connectivity index (χ1) is 15.0. The van der Waals surface area contributed by atoms with E-state index in [1.807, 2.05) is 0 Å². The molecule has 0 saturated carbocycles. The largest absolute Gasteiger partial charge is 0.454 e. The third-order valence-corrected chi connectivity index (χ3v) is 4.77. The molecule has 0 aliphatic heterocycles. The second-order valence-electron chi connectivity index (χ2n) is 6.55. The summed E-state index contributed by atoms with van der Waals surface area (Å²) in [7, 11) is 1.75. The Morgan fingerprint density at radius 2 is 1.87 bits per heavy atom. The van der Waals surface area contributed by atoms with Gasteiger partial charge in [-0.3, -0.25) is 0 Å². The van der Waals surface area contributed by atoms with Gasteiger partial charge in [0, 0.05) is 13.1 Å². The zero-order chi connectivity index (χ0) is 21.5. The molecule has 11 heteroatoms. The van der Waals surface area contributed by atoms with Gasteiger partial charge in [0.05, 0.1) is 16.7 Å². The van der Waals surface area contributed by atoms with Gasteiger partial charge >= 0.3 is 0 Å². The Kier molecular flexibility index (Phi) is 4.55. The van der Waals surface area contributed by atoms with Crippen LogP contribution in [0.3, 0.4) is 0 Å². The molecule has 0 aliphatic rings. The fourth-order valence-corrected chi connectivity index (χ4v) is 3.20. The summed E-state index contributed by atoms with van der Waals surface area (Å²) in [4.78, 5) is 12.3. The Morgan fingerprint density at radius 1 is 1.00 bits per heavy atom. The van der Waals surface area contributed by atoms with Crippen molar-refractivity contribution in [1.82, 2.24) is 29.9 Å². The summed E-state index contributed by atoms with van der Waals surface area (Å²) in [5, 5.41) is 10.8. The number of hydrogen-bond acceptors (Lipinski definition) is 7. The second-order valence-corrected chi connectivity index (χ2v) is 6.94. The number of fused-ring (bicyclic) bond motifs is 2. The predicted octanol–water partition coefficient (Wildman–Crippen LogP) is 4.77. The molecule has 8 nitrogen and oxygen atoms in total. The molecule has 0 fully saturated rings. The maximum Gasteiger partial charge on any atom is 0.203 e. The van der Waals surface area contributed by atoms with Crippen LogP contribution in [-0.2, 0) is 7.05 Å². The Bertz CT molecular complexity index is 1460. The minimum absolute atomic E-state index is 0.143. The molecule has 2 aromatic carbocycles. The molecule has 5 aromatic rings. The number of ether oxygens (including phenoxy) is 1. The van der Waals surface area contributed by atoms with E-state index in [9.17, 15) is 8.78 Å². The molecule has 0 amide bonds. The van der Waals surface area contributed by atoms with Crippen LogP contribution < -0.4 is 10.1 Å². The smallest absolute Gasteiger partial charge is 0.203 e. The average molecular weight is 440 g/mol. The Hall–Kier alpha value is -3.92. The fourth-order valence-electron chi connectivity index (χ4n) is 3.05. The van der Waals surface area contributed by atoms with E-state index in [4.69, 9.17) is 16.3 Å². The monoisotopic (exact) mass is 439 g/mol. The first-order valence-corrected chi connectivity index (χ1v) is 9.37. The number of hydrogen-bond donors (Lipinski definition) is 1. The summed E-state index contributed by atoms with van der Waals surface area (Å²) in [5.74, 6) is -2.08. The molecular weight excluding hydrogens is 428 g/mol. The van der Waals surface area contributed by atoms with Crippen molar-refractivity contribution in [2.75, 3.05) is 5.32 Å². The number of pyridine rings is 1. The number of aryl methyl sites for hydroxylation is 1. The van der Waals surface area contributed by atoms with Gasteiger partial charge in [-0.2, -0.15) is 4.39 Å². The summed E-state index contributed by atoms with van der Waals surface area (Å²) < 4.78 is 36.6. The molecule has 0 unspecified atom stereocenters. The minimum atomic E-state index is -1.16. The normalized spacial score (nSPS) is 11.2. The van der Waals surface area contributed by atoms with Gasteiger partial charge in [-0.1, -0.05) is 16.8 Å². The van der Waals surface area contributed by atoms with E-state index in [0.717, 1.165) is 5.52 Å². The number of halogens is 3. The van der Waals surface area contributed by atoms with Gasteiger partial charge in [0.2, 0.25) is 5.82 Å². The zero-order valence-electron chi connectivity index (χ0n) is 15.8. The van der Waals surface area contributed by atoms with Gasteiger partial charge in [0.25, 0.3) is 0 Å². The van der Waals surface area contributed by atoms with Crippen molar-refractivity contribution in [3.8, 4) is 11.5 Å². The lowest BCUT2D eigenvalue weighted by Gasteiger charge is -2.12. The number of aromatic nitrogens is 6. The van der Waals surface area contributed by atoms with Crippen molar-refractivity contribution in [3.63, 3.8) is 0 Å². The highest BCUT2D eigenvalue weighted by atomic mass is 35.5. The van der Waals surface area contributed by atoms with Crippen molar-refractivity contribution in [2.24, 2.45) is 7.05 Å². The van der Waals surface area contributed by atoms with Crippen molar-refractivity contribution in [2.45, 2.75) is 0 Å². The number of nitrogens with zero attached hydrogens (tertiary/aromatic N) is 6. The van der Waals surface area contributed by atoms with Gasteiger partial charge in [0.15, 0.2) is 17.4 Å². The summed E-state index contributed by atoms with van der Waals surface area (Å²) in [5.41, 5.74) is 2.04. The number of nitrogens with one attached hydrogen (secondary N) is 1. The SMILES string of the molecule is Cn1nnc2cc(Oc3ccc(Nc4ncnc5ccc(Cl)nc45)c(F)c3F)ccc21. The molecule has 154 valence electrons. The molecule has 0 spiro atoms. The van der Waals surface area contributed by atoms with Crippen molar-refractivity contribution < 1.29 is 13.5 Å². The lowest BCUT2D eigenvalue weighted by Crippen LogP contribution is -2.02. The van der Waals surface area contributed by atoms with Crippen LogP contribution in [0.5, 0.6) is 11.5 Å². The van der Waals surface area contributed by atoms with E-state index in [1.165, 1.54) is 18.5 Å². The number of anilines is 2. The van der Waals surface area contributed by atoms with Crippen LogP contribution in [0.15, 0.2) is 48.8 Å². The predicted molar refractivity (Wildman–Crippen MR) is 111 cm³/mol. The third-order valence-electron chi connectivity index (χ3n) is 4.56. The van der Waals surface area contributed by atoms with Gasteiger partial charge in [0.1, 0.15) is 28.3 Å². The van der Waals surface area contributed by atoms with Crippen LogP contribution >= 0.6 is 11.6 Å². The van der Waals surface area contributed by atoms with Gasteiger partial charge < -0.3 is 10.1 Å². The molecule has 5 rings (SSSR count). The van der Waals surface area contributed by atoms with Crippen LogP contribution in [0.4, 0.5) is 20.3 Å². The first-order valence-electron chi connectivity index (χ1n) is 8.99. The van der Waals surface area contributed by atoms with Crippen molar-refractivity contribution in [3.05, 3.63) is 65.6 Å². The van der Waals surface area contributed by atoms with E-state index >= 15 is 0 Å². The Labute approximate surface area is 178 Å². The van der Waals surface area contributed by atoms with Crippen LogP contribution in [0.1, 0.15) is 0 Å². The van der Waals surface area contributed by atoms with Crippen molar-refractivity contribution >= 4 is 45.2 Å². The maximum absolute atomic E-state index is 14.8. The molecular formula is C20H12ClF2N7O. The first kappa shape index (κ1) is 19.1. The quantitative estimate of drug-likeness (QED) is 0.403. The summed E-state index contributed by atoms with van der Waals surface area (Å²) in [6.45, 7) is 0. The highest BCUT2D eigenvalue weighted by molar-refractivity contribution is 6.29. The molecule has 3 aromatic heterocycles. The molecule has 0 bridgehead atoms. The average Bonchev–Trinajstić information content (AvgIpc) is 3.14. The van der Waals surface area contributed by atoms with Crippen LogP contribution in [0, 0.1) is 11.6 Å². The van der Waals surface area contributed by atoms with Gasteiger partial charge in [-0.15, -0.1) is 5.10 Å². The highest BCUT2D eigenvalue weighted by Crippen LogP contribution is 2.32. The molecule has 1 N–H and O–H groups in total. The summed E-state index contributed by atoms with van der Waals surface area (Å²) in [6, 6.07) is 10.8. The summed E-state index contributed by atoms with van der Waals surface area (Å²) in [6.07, 6.45) is 1.29. The fraction of sp³-hybridized carbons (Fsp3) is 0.0500. The molecule has 31 heavy (non-hydrogen) atoms. The maximum atomic E-state index is 14.8. The third kappa shape index (κ3) is 3.46.